The van der Waals surface area contributed by atoms with Crippen molar-refractivity contribution in [1.82, 2.24) is 15.0 Å². The summed E-state index contributed by atoms with van der Waals surface area (Å²) >= 11 is 0. The topological polar surface area (TPSA) is 94.9 Å². The van der Waals surface area contributed by atoms with E-state index in [4.69, 9.17) is 10.2 Å². The van der Waals surface area contributed by atoms with Gasteiger partial charge in [0.1, 0.15) is 12.0 Å². The molecule has 2 aromatic heterocycles. The second-order valence-corrected chi connectivity index (χ2v) is 4.52. The molecule has 0 radical (unpaired) electrons. The number of nitrogens with zero attached hydrogens (tertiary/aromatic N) is 3. The summed E-state index contributed by atoms with van der Waals surface area (Å²) in [5.41, 5.74) is 8.74. The number of rotatable bonds is 3. The second-order valence-electron chi connectivity index (χ2n) is 4.52. The molecule has 21 heavy (non-hydrogen) atoms. The van der Waals surface area contributed by atoms with Crippen molar-refractivity contribution in [2.45, 2.75) is 6.92 Å². The summed E-state index contributed by atoms with van der Waals surface area (Å²) in [6.07, 6.45) is 6.02. The van der Waals surface area contributed by atoms with E-state index in [2.05, 4.69) is 15.0 Å². The molecule has 2 heterocycles. The van der Waals surface area contributed by atoms with Crippen molar-refractivity contribution in [3.8, 4) is 22.7 Å². The molecule has 0 unspecified atom stereocenters. The van der Waals surface area contributed by atoms with Crippen LogP contribution < -0.4 is 5.73 Å². The zero-order valence-electron chi connectivity index (χ0n) is 11.3. The minimum atomic E-state index is -0.598. The third kappa shape index (κ3) is 2.51. The van der Waals surface area contributed by atoms with E-state index in [1.165, 1.54) is 18.7 Å². The number of hydrogen-bond acceptors (Lipinski definition) is 5. The Morgan fingerprint density at radius 2 is 2.05 bits per heavy atom. The molecule has 0 aliphatic heterocycles. The van der Waals surface area contributed by atoms with Crippen LogP contribution in [-0.2, 0) is 0 Å². The second kappa shape index (κ2) is 5.16. The Balaban J connectivity index is 2.05. The van der Waals surface area contributed by atoms with Crippen molar-refractivity contribution in [1.29, 1.82) is 0 Å². The number of nitrogens with two attached hydrogens (primary N) is 1. The Morgan fingerprint density at radius 3 is 2.67 bits per heavy atom. The fourth-order valence-electron chi connectivity index (χ4n) is 1.99. The molecule has 6 heteroatoms. The summed E-state index contributed by atoms with van der Waals surface area (Å²) in [5, 5.41) is 0. The normalized spacial score (nSPS) is 10.5. The lowest BCUT2D eigenvalue weighted by molar-refractivity contribution is 0.0995. The van der Waals surface area contributed by atoms with E-state index >= 15 is 0 Å². The van der Waals surface area contributed by atoms with Crippen LogP contribution in [0, 0.1) is 6.92 Å². The number of primary amides is 1. The van der Waals surface area contributed by atoms with Gasteiger partial charge < -0.3 is 10.2 Å². The quantitative estimate of drug-likeness (QED) is 0.793. The molecule has 104 valence electrons. The maximum absolute atomic E-state index is 11.0. The van der Waals surface area contributed by atoms with E-state index in [0.29, 0.717) is 11.6 Å². The van der Waals surface area contributed by atoms with Gasteiger partial charge in [0, 0.05) is 11.1 Å². The van der Waals surface area contributed by atoms with E-state index in [0.717, 1.165) is 16.7 Å². The molecule has 6 nitrogen and oxygen atoms in total. The lowest BCUT2D eigenvalue weighted by atomic mass is 10.0. The van der Waals surface area contributed by atoms with E-state index in [-0.39, 0.29) is 5.69 Å². The minimum Gasteiger partial charge on any atom is -0.445 e. The maximum atomic E-state index is 11.0. The molecule has 0 bridgehead atoms. The average Bonchev–Trinajstić information content (AvgIpc) is 3.02. The standard InChI is InChI=1S/C15H12N4O2/c1-9-2-3-10(15-17-4-5-21-15)6-11(9)12-7-19-13(8-18-12)14(16)20/h2-8H,1H3,(H2,16,20). The molecule has 3 rings (SSSR count). The van der Waals surface area contributed by atoms with Gasteiger partial charge in [0.25, 0.3) is 5.91 Å². The van der Waals surface area contributed by atoms with Crippen LogP contribution in [0.25, 0.3) is 22.7 Å². The Labute approximate surface area is 120 Å². The summed E-state index contributed by atoms with van der Waals surface area (Å²) < 4.78 is 5.29. The fraction of sp³-hybridized carbons (Fsp3) is 0.0667. The fourth-order valence-corrected chi connectivity index (χ4v) is 1.99. The van der Waals surface area contributed by atoms with Gasteiger partial charge in [-0.05, 0) is 24.6 Å². The van der Waals surface area contributed by atoms with Gasteiger partial charge in [-0.2, -0.15) is 0 Å². The molecule has 1 amide bonds. The summed E-state index contributed by atoms with van der Waals surface area (Å²) in [4.78, 5) is 23.4. The van der Waals surface area contributed by atoms with Crippen molar-refractivity contribution in [2.75, 3.05) is 0 Å². The van der Waals surface area contributed by atoms with Gasteiger partial charge in [-0.3, -0.25) is 9.78 Å². The highest BCUT2D eigenvalue weighted by Gasteiger charge is 2.10. The molecule has 0 aliphatic carbocycles. The lowest BCUT2D eigenvalue weighted by Gasteiger charge is -2.07. The van der Waals surface area contributed by atoms with Crippen LogP contribution in [0.2, 0.25) is 0 Å². The molecule has 0 saturated carbocycles. The molecule has 0 aliphatic rings. The number of aryl methyl sites for hydroxylation is 1. The summed E-state index contributed by atoms with van der Waals surface area (Å²) in [6.45, 7) is 1.97. The van der Waals surface area contributed by atoms with Crippen molar-refractivity contribution in [3.05, 3.63) is 54.3 Å². The van der Waals surface area contributed by atoms with Gasteiger partial charge >= 0.3 is 0 Å². The number of hydrogen-bond donors (Lipinski definition) is 1. The predicted molar refractivity (Wildman–Crippen MR) is 76.2 cm³/mol. The van der Waals surface area contributed by atoms with E-state index < -0.39 is 5.91 Å². The number of aromatic nitrogens is 3. The Bertz CT molecular complexity index is 780. The van der Waals surface area contributed by atoms with Crippen LogP contribution in [0.1, 0.15) is 16.1 Å². The monoisotopic (exact) mass is 280 g/mol. The third-order valence-corrected chi connectivity index (χ3v) is 3.10. The Hall–Kier alpha value is -3.02. The molecule has 2 N–H and O–H groups in total. The first-order chi connectivity index (χ1) is 10.1. The molecule has 0 fully saturated rings. The smallest absolute Gasteiger partial charge is 0.268 e. The first-order valence-electron chi connectivity index (χ1n) is 6.28. The van der Waals surface area contributed by atoms with E-state index in [9.17, 15) is 4.79 Å². The van der Waals surface area contributed by atoms with E-state index in [1.807, 2.05) is 25.1 Å². The molecule has 0 atom stereocenters. The number of carbonyl (C=O) groups excluding carboxylic acids is 1. The van der Waals surface area contributed by atoms with E-state index in [1.54, 1.807) is 6.20 Å². The van der Waals surface area contributed by atoms with Gasteiger partial charge in [-0.25, -0.2) is 9.97 Å². The molecular weight excluding hydrogens is 268 g/mol. The third-order valence-electron chi connectivity index (χ3n) is 3.10. The highest BCUT2D eigenvalue weighted by Crippen LogP contribution is 2.27. The van der Waals surface area contributed by atoms with Gasteiger partial charge in [0.05, 0.1) is 24.3 Å². The first kappa shape index (κ1) is 13.0. The molecular formula is C15H12N4O2. The average molecular weight is 280 g/mol. The first-order valence-corrected chi connectivity index (χ1v) is 6.28. The van der Waals surface area contributed by atoms with Crippen LogP contribution in [0.4, 0.5) is 0 Å². The highest BCUT2D eigenvalue weighted by atomic mass is 16.3. The Kier molecular flexibility index (Phi) is 3.19. The summed E-state index contributed by atoms with van der Waals surface area (Å²) in [5.74, 6) is -0.0581. The van der Waals surface area contributed by atoms with Crippen LogP contribution >= 0.6 is 0 Å². The van der Waals surface area contributed by atoms with Crippen molar-refractivity contribution >= 4 is 5.91 Å². The Morgan fingerprint density at radius 1 is 1.19 bits per heavy atom. The molecule has 0 spiro atoms. The van der Waals surface area contributed by atoms with Crippen LogP contribution in [-0.4, -0.2) is 20.9 Å². The van der Waals surface area contributed by atoms with Crippen molar-refractivity contribution < 1.29 is 9.21 Å². The molecule has 1 aromatic carbocycles. The van der Waals surface area contributed by atoms with Crippen LogP contribution in [0.3, 0.4) is 0 Å². The number of carbonyl (C=O) groups is 1. The SMILES string of the molecule is Cc1ccc(-c2ncco2)cc1-c1cnc(C(N)=O)cn1. The van der Waals surface area contributed by atoms with Crippen LogP contribution in [0.5, 0.6) is 0 Å². The predicted octanol–water partition coefficient (Wildman–Crippen LogP) is 2.21. The van der Waals surface area contributed by atoms with Gasteiger partial charge in [0.2, 0.25) is 5.89 Å². The zero-order chi connectivity index (χ0) is 14.8. The minimum absolute atomic E-state index is 0.139. The molecule has 3 aromatic rings. The van der Waals surface area contributed by atoms with Gasteiger partial charge in [-0.15, -0.1) is 0 Å². The van der Waals surface area contributed by atoms with Gasteiger partial charge in [-0.1, -0.05) is 6.07 Å². The highest BCUT2D eigenvalue weighted by molar-refractivity contribution is 5.90. The van der Waals surface area contributed by atoms with Crippen LogP contribution in [0.15, 0.2) is 47.5 Å². The lowest BCUT2D eigenvalue weighted by Crippen LogP contribution is -2.13. The number of oxazole rings is 1. The van der Waals surface area contributed by atoms with Gasteiger partial charge in [0.15, 0.2) is 0 Å². The zero-order valence-corrected chi connectivity index (χ0v) is 11.3. The maximum Gasteiger partial charge on any atom is 0.268 e. The summed E-state index contributed by atoms with van der Waals surface area (Å²) in [7, 11) is 0. The number of benzene rings is 1. The number of amides is 1. The van der Waals surface area contributed by atoms with Crippen molar-refractivity contribution in [3.63, 3.8) is 0 Å². The summed E-state index contributed by atoms with van der Waals surface area (Å²) in [6, 6.07) is 5.81. The van der Waals surface area contributed by atoms with Crippen molar-refractivity contribution in [2.24, 2.45) is 5.73 Å². The molecule has 0 saturated heterocycles. The largest absolute Gasteiger partial charge is 0.445 e.